The molecule has 7 nitrogen and oxygen atoms in total. The Morgan fingerprint density at radius 3 is 2.69 bits per heavy atom. The van der Waals surface area contributed by atoms with Gasteiger partial charge in [0.1, 0.15) is 18.3 Å². The number of fused-ring (bicyclic) bond motifs is 1. The molecule has 0 aromatic carbocycles. The Morgan fingerprint density at radius 2 is 2.12 bits per heavy atom. The number of hydrogen-bond acceptors (Lipinski definition) is 6. The summed E-state index contributed by atoms with van der Waals surface area (Å²) in [6.07, 6.45) is -2.77. The minimum Gasteiger partial charge on any atom is -0.394 e. The third-order valence-electron chi connectivity index (χ3n) is 2.79. The molecule has 0 radical (unpaired) electrons. The SMILES string of the molecule is CC1(C)O[C@H]2O[C@H](C(O)CO)[C@H](N=[NH2+])[C@H]2O1. The van der Waals surface area contributed by atoms with E-state index in [0.29, 0.717) is 0 Å². The van der Waals surface area contributed by atoms with E-state index in [1.54, 1.807) is 13.8 Å². The van der Waals surface area contributed by atoms with Crippen molar-refractivity contribution >= 4 is 0 Å². The zero-order chi connectivity index (χ0) is 11.9. The predicted molar refractivity (Wildman–Crippen MR) is 49.9 cm³/mol. The van der Waals surface area contributed by atoms with Crippen LogP contribution in [0.2, 0.25) is 0 Å². The van der Waals surface area contributed by atoms with E-state index in [1.807, 2.05) is 0 Å². The van der Waals surface area contributed by atoms with Crippen molar-refractivity contribution in [2.24, 2.45) is 5.11 Å². The summed E-state index contributed by atoms with van der Waals surface area (Å²) in [6.45, 7) is 3.11. The maximum absolute atomic E-state index is 9.54. The minimum absolute atomic E-state index is 0.417. The Labute approximate surface area is 92.8 Å². The summed E-state index contributed by atoms with van der Waals surface area (Å²) in [5.41, 5.74) is 5.28. The summed E-state index contributed by atoms with van der Waals surface area (Å²) in [5.74, 6) is -0.743. The molecule has 0 aliphatic carbocycles. The van der Waals surface area contributed by atoms with Crippen molar-refractivity contribution in [3.05, 3.63) is 0 Å². The number of nitrogens with two attached hydrogens (primary N) is 1. The minimum atomic E-state index is -1.04. The van der Waals surface area contributed by atoms with Crippen LogP contribution in [0.25, 0.3) is 0 Å². The van der Waals surface area contributed by atoms with Gasteiger partial charge >= 0.3 is 0 Å². The van der Waals surface area contributed by atoms with Gasteiger partial charge < -0.3 is 24.4 Å². The van der Waals surface area contributed by atoms with E-state index in [-0.39, 0.29) is 0 Å². The Balaban J connectivity index is 2.12. The van der Waals surface area contributed by atoms with E-state index in [0.717, 1.165) is 0 Å². The van der Waals surface area contributed by atoms with Crippen molar-refractivity contribution in [1.29, 1.82) is 0 Å². The number of aliphatic hydroxyl groups excluding tert-OH is 2. The van der Waals surface area contributed by atoms with Crippen molar-refractivity contribution in [3.63, 3.8) is 0 Å². The van der Waals surface area contributed by atoms with Crippen LogP contribution in [0, 0.1) is 0 Å². The van der Waals surface area contributed by atoms with E-state index < -0.39 is 43.0 Å². The molecule has 2 aliphatic rings. The molecule has 16 heavy (non-hydrogen) atoms. The number of rotatable bonds is 3. The first-order valence-electron chi connectivity index (χ1n) is 5.18. The third-order valence-corrected chi connectivity index (χ3v) is 2.79. The first-order valence-corrected chi connectivity index (χ1v) is 5.18. The van der Waals surface area contributed by atoms with E-state index >= 15 is 0 Å². The molecule has 1 unspecified atom stereocenters. The zero-order valence-electron chi connectivity index (χ0n) is 9.24. The average molecular weight is 233 g/mol. The van der Waals surface area contributed by atoms with Gasteiger partial charge in [-0.25, -0.2) is 0 Å². The summed E-state index contributed by atoms with van der Waals surface area (Å²) in [4.78, 5) is 0. The maximum atomic E-state index is 9.54. The summed E-state index contributed by atoms with van der Waals surface area (Å²) >= 11 is 0. The van der Waals surface area contributed by atoms with Crippen molar-refractivity contribution in [1.82, 2.24) is 0 Å². The van der Waals surface area contributed by atoms with Gasteiger partial charge in [0, 0.05) is 0 Å². The molecule has 0 amide bonds. The lowest BCUT2D eigenvalue weighted by Gasteiger charge is -2.23. The van der Waals surface area contributed by atoms with Crippen LogP contribution in [0.15, 0.2) is 5.11 Å². The molecule has 2 rings (SSSR count). The second kappa shape index (κ2) is 4.01. The fourth-order valence-corrected chi connectivity index (χ4v) is 2.11. The Bertz CT molecular complexity index is 285. The fourth-order valence-electron chi connectivity index (χ4n) is 2.11. The van der Waals surface area contributed by atoms with Gasteiger partial charge in [-0.3, -0.25) is 0 Å². The molecule has 0 spiro atoms. The van der Waals surface area contributed by atoms with E-state index in [1.165, 1.54) is 0 Å². The van der Waals surface area contributed by atoms with Gasteiger partial charge in [-0.15, -0.1) is 0 Å². The second-order valence-electron chi connectivity index (χ2n) is 4.46. The molecular weight excluding hydrogens is 216 g/mol. The lowest BCUT2D eigenvalue weighted by Crippen LogP contribution is -2.45. The van der Waals surface area contributed by atoms with Gasteiger partial charge in [0.2, 0.25) is 0 Å². The molecule has 0 aromatic rings. The van der Waals surface area contributed by atoms with Crippen LogP contribution in [-0.2, 0) is 14.2 Å². The highest BCUT2D eigenvalue weighted by atomic mass is 16.8. The molecule has 5 atom stereocenters. The zero-order valence-corrected chi connectivity index (χ0v) is 9.24. The van der Waals surface area contributed by atoms with Crippen molar-refractivity contribution in [3.8, 4) is 0 Å². The van der Waals surface area contributed by atoms with Gasteiger partial charge in [0.15, 0.2) is 18.1 Å². The number of nitrogens with zero attached hydrogens (tertiary/aromatic N) is 1. The summed E-state index contributed by atoms with van der Waals surface area (Å²) in [6, 6.07) is -0.533. The smallest absolute Gasteiger partial charge is 0.190 e. The van der Waals surface area contributed by atoms with Gasteiger partial charge in [-0.05, 0) is 19.0 Å². The Morgan fingerprint density at radius 1 is 1.44 bits per heavy atom. The lowest BCUT2D eigenvalue weighted by atomic mass is 10.0. The molecular formula is C9H17N2O5+. The normalized spacial score (nSPS) is 43.0. The molecule has 2 fully saturated rings. The largest absolute Gasteiger partial charge is 0.394 e. The van der Waals surface area contributed by atoms with E-state index in [4.69, 9.17) is 24.8 Å². The summed E-state index contributed by atoms with van der Waals surface area (Å²) < 4.78 is 16.5. The van der Waals surface area contributed by atoms with Crippen LogP contribution in [0.5, 0.6) is 0 Å². The predicted octanol–water partition coefficient (Wildman–Crippen LogP) is -2.20. The van der Waals surface area contributed by atoms with Crippen molar-refractivity contribution in [2.45, 2.75) is 50.3 Å². The van der Waals surface area contributed by atoms with Crippen molar-refractivity contribution < 1.29 is 30.0 Å². The van der Waals surface area contributed by atoms with Gasteiger partial charge in [0.25, 0.3) is 0 Å². The topological polar surface area (TPSA) is 106 Å². The number of aliphatic hydroxyl groups is 2. The highest BCUT2D eigenvalue weighted by Crippen LogP contribution is 2.39. The average Bonchev–Trinajstić information content (AvgIpc) is 2.68. The number of hydrogen-bond donors (Lipinski definition) is 3. The van der Waals surface area contributed by atoms with Crippen molar-refractivity contribution in [2.75, 3.05) is 6.61 Å². The van der Waals surface area contributed by atoms with E-state index in [9.17, 15) is 5.11 Å². The first-order chi connectivity index (χ1) is 7.48. The monoisotopic (exact) mass is 233 g/mol. The molecule has 2 aliphatic heterocycles. The van der Waals surface area contributed by atoms with Crippen LogP contribution in [0.4, 0.5) is 0 Å². The molecule has 2 heterocycles. The Hall–Kier alpha value is -0.600. The fraction of sp³-hybridized carbons (Fsp3) is 1.00. The van der Waals surface area contributed by atoms with Crippen LogP contribution < -0.4 is 5.53 Å². The lowest BCUT2D eigenvalue weighted by molar-refractivity contribution is -0.250. The molecule has 2 saturated heterocycles. The van der Waals surface area contributed by atoms with Crippen LogP contribution >= 0.6 is 0 Å². The molecule has 4 N–H and O–H groups in total. The number of ether oxygens (including phenoxy) is 3. The van der Waals surface area contributed by atoms with Gasteiger partial charge in [-0.1, -0.05) is 0 Å². The standard InChI is InChI=1S/C9H16N2O5/c1-9(2)15-7-5(11-10)6(4(13)3-12)14-8(7)16-9/h4-8,10,12-13H,3H2,1-2H3/p+1/t4?,5-,6+,7+,8+/m0/s1. The van der Waals surface area contributed by atoms with Gasteiger partial charge in [-0.2, -0.15) is 5.53 Å². The summed E-state index contributed by atoms with van der Waals surface area (Å²) in [5, 5.41) is 22.1. The molecule has 0 saturated carbocycles. The molecule has 92 valence electrons. The summed E-state index contributed by atoms with van der Waals surface area (Å²) in [7, 11) is 0. The quantitative estimate of drug-likeness (QED) is 0.479. The molecule has 0 bridgehead atoms. The second-order valence-corrected chi connectivity index (χ2v) is 4.46. The van der Waals surface area contributed by atoms with Gasteiger partial charge in [0.05, 0.1) is 6.61 Å². The third kappa shape index (κ3) is 1.85. The van der Waals surface area contributed by atoms with Crippen LogP contribution in [0.3, 0.4) is 0 Å². The first kappa shape index (κ1) is 11.9. The molecule has 0 aromatic heterocycles. The highest BCUT2D eigenvalue weighted by molar-refractivity contribution is 4.98. The maximum Gasteiger partial charge on any atom is 0.190 e. The van der Waals surface area contributed by atoms with E-state index in [2.05, 4.69) is 5.11 Å². The van der Waals surface area contributed by atoms with Crippen LogP contribution in [0.1, 0.15) is 13.8 Å². The van der Waals surface area contributed by atoms with Crippen LogP contribution in [-0.4, -0.2) is 53.3 Å². The highest BCUT2D eigenvalue weighted by Gasteiger charge is 2.57. The Kier molecular flexibility index (Phi) is 2.97. The molecule has 7 heteroatoms.